The van der Waals surface area contributed by atoms with Crippen molar-refractivity contribution in [3.63, 3.8) is 0 Å². The molecule has 0 saturated heterocycles. The van der Waals surface area contributed by atoms with Gasteiger partial charge in [-0.05, 0) is 13.0 Å². The summed E-state index contributed by atoms with van der Waals surface area (Å²) in [7, 11) is -2.90. The van der Waals surface area contributed by atoms with E-state index in [4.69, 9.17) is 5.11 Å². The maximum Gasteiger partial charge on any atom is 0.307 e. The smallest absolute Gasteiger partial charge is 0.307 e. The van der Waals surface area contributed by atoms with Crippen molar-refractivity contribution in [2.75, 3.05) is 25.1 Å². The van der Waals surface area contributed by atoms with Gasteiger partial charge in [0.15, 0.2) is 0 Å². The number of aliphatic carboxylic acids is 1. The van der Waals surface area contributed by atoms with Gasteiger partial charge in [-0.1, -0.05) is 6.92 Å². The molecule has 0 aromatic rings. The van der Waals surface area contributed by atoms with Crippen LogP contribution in [0.2, 0.25) is 0 Å². The molecule has 0 rings (SSSR count). The summed E-state index contributed by atoms with van der Waals surface area (Å²) in [6.07, 6.45) is 1.71. The second-order valence-corrected chi connectivity index (χ2v) is 5.69. The Morgan fingerprint density at radius 1 is 1.50 bits per heavy atom. The zero-order valence-corrected chi connectivity index (χ0v) is 9.30. The first-order valence-corrected chi connectivity index (χ1v) is 6.50. The van der Waals surface area contributed by atoms with Gasteiger partial charge in [0.1, 0.15) is 9.84 Å². The van der Waals surface area contributed by atoms with Crippen molar-refractivity contribution in [2.24, 2.45) is 5.92 Å². The lowest BCUT2D eigenvalue weighted by Gasteiger charge is -2.07. The molecule has 84 valence electrons. The molecule has 0 spiro atoms. The van der Waals surface area contributed by atoms with E-state index in [0.717, 1.165) is 0 Å². The molecule has 0 heterocycles. The molecule has 1 atom stereocenters. The highest BCUT2D eigenvalue weighted by Crippen LogP contribution is 1.92. The molecule has 1 unspecified atom stereocenters. The minimum atomic E-state index is -2.90. The molecule has 14 heavy (non-hydrogen) atoms. The number of rotatable bonds is 7. The van der Waals surface area contributed by atoms with E-state index in [9.17, 15) is 13.2 Å². The fourth-order valence-electron chi connectivity index (χ4n) is 0.865. The number of hydrogen-bond acceptors (Lipinski definition) is 4. The minimum absolute atomic E-state index is 0.140. The second kappa shape index (κ2) is 5.98. The van der Waals surface area contributed by atoms with Gasteiger partial charge < -0.3 is 10.4 Å². The standard InChI is InChI=1S/C8H17NO4S/c1-7(8(10)11)6-9-4-3-5-14(2,12)13/h7,9H,3-6H2,1-2H3,(H,10,11). The van der Waals surface area contributed by atoms with E-state index in [1.165, 1.54) is 6.26 Å². The molecule has 0 aliphatic heterocycles. The summed E-state index contributed by atoms with van der Waals surface area (Å²) in [5, 5.41) is 11.4. The third-order valence-electron chi connectivity index (χ3n) is 1.74. The summed E-state index contributed by atoms with van der Waals surface area (Å²) in [6.45, 7) is 2.51. The molecule has 0 saturated carbocycles. The van der Waals surface area contributed by atoms with Gasteiger partial charge in [-0.3, -0.25) is 4.79 Å². The van der Waals surface area contributed by atoms with Crippen molar-refractivity contribution < 1.29 is 18.3 Å². The van der Waals surface area contributed by atoms with Crippen LogP contribution in [0.3, 0.4) is 0 Å². The van der Waals surface area contributed by atoms with Gasteiger partial charge in [-0.2, -0.15) is 0 Å². The Morgan fingerprint density at radius 3 is 2.50 bits per heavy atom. The molecule has 0 bridgehead atoms. The predicted octanol–water partition coefficient (Wildman–Crippen LogP) is -0.269. The van der Waals surface area contributed by atoms with Gasteiger partial charge in [0.2, 0.25) is 0 Å². The number of carboxylic acid groups (broad SMARTS) is 1. The average molecular weight is 223 g/mol. The number of sulfone groups is 1. The van der Waals surface area contributed by atoms with Crippen molar-refractivity contribution in [2.45, 2.75) is 13.3 Å². The van der Waals surface area contributed by atoms with E-state index in [0.29, 0.717) is 19.5 Å². The highest BCUT2D eigenvalue weighted by Gasteiger charge is 2.09. The summed E-state index contributed by atoms with van der Waals surface area (Å²) in [5.41, 5.74) is 0. The number of carboxylic acids is 1. The van der Waals surface area contributed by atoms with Crippen LogP contribution in [0.5, 0.6) is 0 Å². The molecular weight excluding hydrogens is 206 g/mol. The summed E-state index contributed by atoms with van der Waals surface area (Å²) >= 11 is 0. The lowest BCUT2D eigenvalue weighted by molar-refractivity contribution is -0.140. The summed E-state index contributed by atoms with van der Waals surface area (Å²) in [6, 6.07) is 0. The van der Waals surface area contributed by atoms with Crippen LogP contribution in [0.1, 0.15) is 13.3 Å². The van der Waals surface area contributed by atoms with E-state index < -0.39 is 21.7 Å². The number of hydrogen-bond donors (Lipinski definition) is 2. The molecule has 2 N–H and O–H groups in total. The lowest BCUT2D eigenvalue weighted by Crippen LogP contribution is -2.27. The maximum absolute atomic E-state index is 10.7. The Kier molecular flexibility index (Phi) is 5.71. The molecule has 0 amide bonds. The molecule has 0 radical (unpaired) electrons. The van der Waals surface area contributed by atoms with Crippen LogP contribution in [0.25, 0.3) is 0 Å². The first kappa shape index (κ1) is 13.4. The molecule has 0 aliphatic carbocycles. The Balaban J connectivity index is 3.44. The fourth-order valence-corrected chi connectivity index (χ4v) is 1.53. The third kappa shape index (κ3) is 8.00. The van der Waals surface area contributed by atoms with E-state index in [2.05, 4.69) is 5.32 Å². The van der Waals surface area contributed by atoms with Crippen molar-refractivity contribution in [1.82, 2.24) is 5.32 Å². The van der Waals surface area contributed by atoms with Gasteiger partial charge in [0, 0.05) is 12.8 Å². The van der Waals surface area contributed by atoms with Crippen LogP contribution in [-0.2, 0) is 14.6 Å². The summed E-state index contributed by atoms with van der Waals surface area (Å²) in [5.74, 6) is -1.14. The Morgan fingerprint density at radius 2 is 2.07 bits per heavy atom. The molecule has 0 aromatic carbocycles. The minimum Gasteiger partial charge on any atom is -0.481 e. The zero-order valence-electron chi connectivity index (χ0n) is 8.49. The van der Waals surface area contributed by atoms with E-state index in [-0.39, 0.29) is 5.75 Å². The summed E-state index contributed by atoms with van der Waals surface area (Å²) in [4.78, 5) is 10.4. The van der Waals surface area contributed by atoms with Crippen LogP contribution < -0.4 is 5.32 Å². The predicted molar refractivity (Wildman–Crippen MR) is 54.0 cm³/mol. The van der Waals surface area contributed by atoms with E-state index in [1.807, 2.05) is 0 Å². The highest BCUT2D eigenvalue weighted by atomic mass is 32.2. The molecule has 0 aliphatic rings. The first-order chi connectivity index (χ1) is 6.33. The molecule has 5 nitrogen and oxygen atoms in total. The van der Waals surface area contributed by atoms with Gasteiger partial charge in [-0.25, -0.2) is 8.42 Å². The maximum atomic E-state index is 10.7. The number of carbonyl (C=O) groups is 1. The van der Waals surface area contributed by atoms with Crippen LogP contribution in [0.4, 0.5) is 0 Å². The van der Waals surface area contributed by atoms with Gasteiger partial charge in [0.05, 0.1) is 11.7 Å². The largest absolute Gasteiger partial charge is 0.481 e. The van der Waals surface area contributed by atoms with Crippen LogP contribution in [-0.4, -0.2) is 44.6 Å². The average Bonchev–Trinajstić information content (AvgIpc) is 2.01. The highest BCUT2D eigenvalue weighted by molar-refractivity contribution is 7.90. The number of nitrogens with one attached hydrogen (secondary N) is 1. The topological polar surface area (TPSA) is 83.5 Å². The van der Waals surface area contributed by atoms with Gasteiger partial charge in [-0.15, -0.1) is 0 Å². The van der Waals surface area contributed by atoms with Crippen molar-refractivity contribution in [1.29, 1.82) is 0 Å². The van der Waals surface area contributed by atoms with Crippen LogP contribution >= 0.6 is 0 Å². The monoisotopic (exact) mass is 223 g/mol. The first-order valence-electron chi connectivity index (χ1n) is 4.44. The Bertz CT molecular complexity index is 273. The SMILES string of the molecule is CC(CNCCCS(C)(=O)=O)C(=O)O. The summed E-state index contributed by atoms with van der Waals surface area (Å²) < 4.78 is 21.4. The lowest BCUT2D eigenvalue weighted by atomic mass is 10.2. The van der Waals surface area contributed by atoms with Gasteiger partial charge in [0.25, 0.3) is 0 Å². The molecule has 0 aromatic heterocycles. The molecule has 6 heteroatoms. The third-order valence-corrected chi connectivity index (χ3v) is 2.77. The zero-order chi connectivity index (χ0) is 11.2. The van der Waals surface area contributed by atoms with E-state index in [1.54, 1.807) is 6.92 Å². The van der Waals surface area contributed by atoms with Gasteiger partial charge >= 0.3 is 5.97 Å². The Labute approximate surface area is 84.4 Å². The Hall–Kier alpha value is -0.620. The normalized spacial score (nSPS) is 13.9. The van der Waals surface area contributed by atoms with Crippen molar-refractivity contribution >= 4 is 15.8 Å². The quantitative estimate of drug-likeness (QED) is 0.581. The van der Waals surface area contributed by atoms with Crippen LogP contribution in [0, 0.1) is 5.92 Å². The van der Waals surface area contributed by atoms with Crippen molar-refractivity contribution in [3.8, 4) is 0 Å². The van der Waals surface area contributed by atoms with E-state index >= 15 is 0 Å². The molecule has 0 fully saturated rings. The van der Waals surface area contributed by atoms with Crippen LogP contribution in [0.15, 0.2) is 0 Å². The molecular formula is C8H17NO4S. The fraction of sp³-hybridized carbons (Fsp3) is 0.875. The van der Waals surface area contributed by atoms with Crippen molar-refractivity contribution in [3.05, 3.63) is 0 Å². The second-order valence-electron chi connectivity index (χ2n) is 3.43.